The van der Waals surface area contributed by atoms with Crippen molar-refractivity contribution in [2.45, 2.75) is 13.8 Å². The summed E-state index contributed by atoms with van der Waals surface area (Å²) in [6, 6.07) is 0. The van der Waals surface area contributed by atoms with E-state index in [4.69, 9.17) is 24.4 Å². The molecule has 0 amide bonds. The average Bonchev–Trinajstić information content (AvgIpc) is 2.22. The van der Waals surface area contributed by atoms with Crippen LogP contribution in [0.5, 0.6) is 0 Å². The van der Waals surface area contributed by atoms with Crippen LogP contribution in [-0.2, 0) is 0 Å². The second-order valence-electron chi connectivity index (χ2n) is 2.73. The van der Waals surface area contributed by atoms with Crippen LogP contribution in [0.25, 0.3) is 0 Å². The summed E-state index contributed by atoms with van der Waals surface area (Å²) in [6.07, 6.45) is 0. The molecular formula is C8H16N2S4. The molecule has 0 N–H and O–H groups in total. The van der Waals surface area contributed by atoms with Crippen molar-refractivity contribution < 1.29 is 0 Å². The van der Waals surface area contributed by atoms with Crippen molar-refractivity contribution in [3.05, 3.63) is 0 Å². The van der Waals surface area contributed by atoms with Crippen LogP contribution in [0.1, 0.15) is 13.8 Å². The van der Waals surface area contributed by atoms with E-state index in [0.29, 0.717) is 0 Å². The fourth-order valence-electron chi connectivity index (χ4n) is 0.457. The van der Waals surface area contributed by atoms with Crippen molar-refractivity contribution in [2.75, 3.05) is 27.2 Å². The summed E-state index contributed by atoms with van der Waals surface area (Å²) < 4.78 is 1.76. The van der Waals surface area contributed by atoms with Crippen molar-refractivity contribution in [1.82, 2.24) is 9.80 Å². The van der Waals surface area contributed by atoms with Crippen LogP contribution in [-0.4, -0.2) is 45.6 Å². The largest absolute Gasteiger partial charge is 0.360 e. The van der Waals surface area contributed by atoms with Crippen molar-refractivity contribution >= 4 is 54.7 Å². The number of hydrogen-bond acceptors (Lipinski definition) is 4. The Hall–Kier alpha value is 0.480. The summed E-state index contributed by atoms with van der Waals surface area (Å²) in [5, 5.41) is 0. The quantitative estimate of drug-likeness (QED) is 0.557. The molecule has 0 aliphatic carbocycles. The molecule has 0 radical (unpaired) electrons. The zero-order valence-corrected chi connectivity index (χ0v) is 12.2. The highest BCUT2D eigenvalue weighted by molar-refractivity contribution is 8.89. The van der Waals surface area contributed by atoms with E-state index in [1.165, 1.54) is 0 Å². The number of nitrogens with zero attached hydrogens (tertiary/aromatic N) is 2. The summed E-state index contributed by atoms with van der Waals surface area (Å²) in [7, 11) is 7.08. The van der Waals surface area contributed by atoms with Gasteiger partial charge in [0.25, 0.3) is 0 Å². The fraction of sp³-hybridized carbons (Fsp3) is 0.750. The monoisotopic (exact) mass is 268 g/mol. The molecule has 0 bridgehead atoms. The molecule has 0 spiro atoms. The number of thiocarbonyl (C=S) groups is 2. The predicted molar refractivity (Wildman–Crippen MR) is 77.0 cm³/mol. The third kappa shape index (κ3) is 5.38. The van der Waals surface area contributed by atoms with E-state index in [0.717, 1.165) is 21.7 Å². The third-order valence-electron chi connectivity index (χ3n) is 1.76. The Kier molecular flexibility index (Phi) is 8.00. The van der Waals surface area contributed by atoms with Crippen molar-refractivity contribution in [3.8, 4) is 0 Å². The first-order valence-electron chi connectivity index (χ1n) is 4.37. The summed E-state index contributed by atoms with van der Waals surface area (Å²) >= 11 is 10.4. The first-order valence-corrected chi connectivity index (χ1v) is 7.34. The van der Waals surface area contributed by atoms with E-state index < -0.39 is 0 Å². The first-order chi connectivity index (χ1) is 6.52. The van der Waals surface area contributed by atoms with Crippen molar-refractivity contribution in [2.24, 2.45) is 0 Å². The molecule has 0 rings (SSSR count). The maximum atomic E-state index is 5.21. The van der Waals surface area contributed by atoms with Gasteiger partial charge < -0.3 is 9.80 Å². The van der Waals surface area contributed by atoms with Crippen LogP contribution < -0.4 is 0 Å². The molecule has 0 aromatic carbocycles. The SMILES string of the molecule is CCN(C)C(=S)SSC(=S)N(C)CC. The molecule has 2 nitrogen and oxygen atoms in total. The minimum atomic E-state index is 0.879. The lowest BCUT2D eigenvalue weighted by atomic mass is 10.7. The van der Waals surface area contributed by atoms with Crippen LogP contribution in [0.4, 0.5) is 0 Å². The molecule has 0 aromatic rings. The lowest BCUT2D eigenvalue weighted by Gasteiger charge is -2.19. The van der Waals surface area contributed by atoms with Gasteiger partial charge in [-0.3, -0.25) is 0 Å². The van der Waals surface area contributed by atoms with Gasteiger partial charge in [0, 0.05) is 27.2 Å². The molecule has 0 unspecified atom stereocenters. The van der Waals surface area contributed by atoms with Crippen LogP contribution in [0, 0.1) is 0 Å². The maximum Gasteiger partial charge on any atom is 0.147 e. The summed E-state index contributed by atoms with van der Waals surface area (Å²) in [4.78, 5) is 4.06. The second-order valence-corrected chi connectivity index (χ2v) is 6.12. The van der Waals surface area contributed by atoms with Gasteiger partial charge in [0.2, 0.25) is 0 Å². The number of rotatable bonds is 2. The van der Waals surface area contributed by atoms with Gasteiger partial charge in [0.05, 0.1) is 0 Å². The third-order valence-corrected chi connectivity index (χ3v) is 5.70. The molecule has 82 valence electrons. The molecule has 0 aliphatic rings. The summed E-state index contributed by atoms with van der Waals surface area (Å²) in [5.74, 6) is 0. The molecule has 0 saturated carbocycles. The average molecular weight is 268 g/mol. The first kappa shape index (κ1) is 14.5. The smallest absolute Gasteiger partial charge is 0.147 e. The fourth-order valence-corrected chi connectivity index (χ4v) is 3.17. The van der Waals surface area contributed by atoms with Gasteiger partial charge in [-0.25, -0.2) is 0 Å². The molecule has 6 heteroatoms. The van der Waals surface area contributed by atoms with Gasteiger partial charge in [0.1, 0.15) is 8.64 Å². The Morgan fingerprint density at radius 1 is 0.929 bits per heavy atom. The predicted octanol–water partition coefficient (Wildman–Crippen LogP) is 2.84. The Morgan fingerprint density at radius 2 is 1.21 bits per heavy atom. The Labute approximate surface area is 105 Å². The van der Waals surface area contributed by atoms with Gasteiger partial charge in [-0.15, -0.1) is 0 Å². The molecule has 0 aliphatic heterocycles. The Balaban J connectivity index is 3.83. The Morgan fingerprint density at radius 3 is 1.43 bits per heavy atom. The highest BCUT2D eigenvalue weighted by atomic mass is 33.1. The molecule has 0 heterocycles. The number of hydrogen-bond donors (Lipinski definition) is 0. The van der Waals surface area contributed by atoms with Crippen LogP contribution in [0.15, 0.2) is 0 Å². The minimum absolute atomic E-state index is 0.879. The van der Waals surface area contributed by atoms with E-state index in [-0.39, 0.29) is 0 Å². The summed E-state index contributed by atoms with van der Waals surface area (Å²) in [5.41, 5.74) is 0. The molecular weight excluding hydrogens is 252 g/mol. The zero-order chi connectivity index (χ0) is 11.1. The highest BCUT2D eigenvalue weighted by Gasteiger charge is 2.08. The maximum absolute atomic E-state index is 5.21. The van der Waals surface area contributed by atoms with Gasteiger partial charge >= 0.3 is 0 Å². The van der Waals surface area contributed by atoms with Crippen molar-refractivity contribution in [3.63, 3.8) is 0 Å². The minimum Gasteiger partial charge on any atom is -0.360 e. The standard InChI is InChI=1S/C8H16N2S4/c1-5-9(3)7(11)13-14-8(12)10(4)6-2/h5-6H2,1-4H3. The van der Waals surface area contributed by atoms with Gasteiger partial charge in [-0.05, 0) is 35.4 Å². The van der Waals surface area contributed by atoms with E-state index in [1.54, 1.807) is 21.6 Å². The van der Waals surface area contributed by atoms with Gasteiger partial charge in [0.15, 0.2) is 0 Å². The van der Waals surface area contributed by atoms with Gasteiger partial charge in [-0.1, -0.05) is 24.4 Å². The molecule has 0 saturated heterocycles. The van der Waals surface area contributed by atoms with Crippen LogP contribution in [0.2, 0.25) is 0 Å². The zero-order valence-electron chi connectivity index (χ0n) is 8.94. The van der Waals surface area contributed by atoms with E-state index in [2.05, 4.69) is 13.8 Å². The normalized spacial score (nSPS) is 9.71. The molecule has 0 aromatic heterocycles. The van der Waals surface area contributed by atoms with E-state index in [9.17, 15) is 0 Å². The molecule has 0 atom stereocenters. The van der Waals surface area contributed by atoms with E-state index >= 15 is 0 Å². The van der Waals surface area contributed by atoms with Crippen LogP contribution in [0.3, 0.4) is 0 Å². The lowest BCUT2D eigenvalue weighted by Crippen LogP contribution is -2.23. The summed E-state index contributed by atoms with van der Waals surface area (Å²) in [6.45, 7) is 6.02. The second kappa shape index (κ2) is 7.73. The molecule has 14 heavy (non-hydrogen) atoms. The van der Waals surface area contributed by atoms with E-state index in [1.807, 2.05) is 23.9 Å². The molecule has 0 fully saturated rings. The topological polar surface area (TPSA) is 6.48 Å². The van der Waals surface area contributed by atoms with Gasteiger partial charge in [-0.2, -0.15) is 0 Å². The van der Waals surface area contributed by atoms with Crippen LogP contribution >= 0.6 is 46.0 Å². The van der Waals surface area contributed by atoms with Crippen molar-refractivity contribution in [1.29, 1.82) is 0 Å². The Bertz CT molecular complexity index is 186. The lowest BCUT2D eigenvalue weighted by molar-refractivity contribution is 0.555. The highest BCUT2D eigenvalue weighted by Crippen LogP contribution is 2.27.